The van der Waals surface area contributed by atoms with E-state index in [0.29, 0.717) is 23.7 Å². The number of hydrogen-bond acceptors (Lipinski definition) is 6. The average molecular weight is 478 g/mol. The predicted octanol–water partition coefficient (Wildman–Crippen LogP) is 4.17. The van der Waals surface area contributed by atoms with E-state index in [1.165, 1.54) is 36.4 Å². The molecule has 0 aromatic heterocycles. The first-order valence-corrected chi connectivity index (χ1v) is 10.6. The summed E-state index contributed by atoms with van der Waals surface area (Å²) in [6.07, 6.45) is 2.00. The van der Waals surface area contributed by atoms with Crippen molar-refractivity contribution < 1.29 is 23.7 Å². The molecule has 3 amide bonds. The Hall–Kier alpha value is -3.24. The largest absolute Gasteiger partial charge is 0.354 e. The molecule has 0 unspecified atom stereocenters. The van der Waals surface area contributed by atoms with Gasteiger partial charge in [-0.3, -0.25) is 29.4 Å². The number of rotatable bonds is 8. The fourth-order valence-corrected chi connectivity index (χ4v) is 3.96. The molecule has 2 aromatic carbocycles. The molecule has 0 bridgehead atoms. The third-order valence-corrected chi connectivity index (χ3v) is 5.78. The van der Waals surface area contributed by atoms with Crippen LogP contribution >= 0.6 is 23.4 Å². The second-order valence-corrected chi connectivity index (χ2v) is 8.18. The van der Waals surface area contributed by atoms with Gasteiger partial charge in [0.05, 0.1) is 9.83 Å². The van der Waals surface area contributed by atoms with Gasteiger partial charge in [-0.25, -0.2) is 4.39 Å². The second-order valence-electron chi connectivity index (χ2n) is 6.78. The molecule has 0 saturated carbocycles. The number of nitro groups is 1. The fraction of sp³-hybridized carbons (Fsp3) is 0.190. The lowest BCUT2D eigenvalue weighted by atomic mass is 10.1. The van der Waals surface area contributed by atoms with E-state index in [-0.39, 0.29) is 46.8 Å². The van der Waals surface area contributed by atoms with Crippen LogP contribution in [0.25, 0.3) is 6.08 Å². The maximum absolute atomic E-state index is 12.9. The van der Waals surface area contributed by atoms with E-state index in [1.807, 2.05) is 0 Å². The van der Waals surface area contributed by atoms with Crippen molar-refractivity contribution >= 4 is 52.2 Å². The molecule has 0 radical (unpaired) electrons. The zero-order valence-electron chi connectivity index (χ0n) is 16.5. The molecular weight excluding hydrogens is 461 g/mol. The lowest BCUT2D eigenvalue weighted by molar-refractivity contribution is -0.384. The Balaban J connectivity index is 1.53. The average Bonchev–Trinajstić information content (AvgIpc) is 3.01. The zero-order valence-corrected chi connectivity index (χ0v) is 18.1. The summed E-state index contributed by atoms with van der Waals surface area (Å²) in [6, 6.07) is 9.92. The van der Waals surface area contributed by atoms with Gasteiger partial charge in [-0.15, -0.1) is 0 Å². The number of carbonyl (C=O) groups excluding carboxylic acids is 3. The van der Waals surface area contributed by atoms with E-state index >= 15 is 0 Å². The summed E-state index contributed by atoms with van der Waals surface area (Å²) in [4.78, 5) is 48.2. The number of nitrogens with one attached hydrogen (secondary N) is 1. The van der Waals surface area contributed by atoms with Crippen molar-refractivity contribution in [1.82, 2.24) is 10.2 Å². The van der Waals surface area contributed by atoms with Crippen LogP contribution < -0.4 is 5.32 Å². The third-order valence-electron chi connectivity index (χ3n) is 4.55. The van der Waals surface area contributed by atoms with E-state index in [9.17, 15) is 28.9 Å². The normalized spacial score (nSPS) is 14.8. The third kappa shape index (κ3) is 5.92. The van der Waals surface area contributed by atoms with Crippen LogP contribution in [0, 0.1) is 15.9 Å². The Labute approximate surface area is 191 Å². The summed E-state index contributed by atoms with van der Waals surface area (Å²) in [5.41, 5.74) is 0.878. The van der Waals surface area contributed by atoms with Crippen molar-refractivity contribution in [3.05, 3.63) is 79.5 Å². The highest BCUT2D eigenvalue weighted by molar-refractivity contribution is 8.18. The summed E-state index contributed by atoms with van der Waals surface area (Å²) < 4.78 is 12.9. The topological polar surface area (TPSA) is 110 Å². The predicted molar refractivity (Wildman–Crippen MR) is 119 cm³/mol. The number of amides is 3. The number of nitro benzene ring substituents is 1. The molecule has 8 nitrogen and oxygen atoms in total. The van der Waals surface area contributed by atoms with Crippen molar-refractivity contribution in [1.29, 1.82) is 0 Å². The van der Waals surface area contributed by atoms with Gasteiger partial charge in [-0.1, -0.05) is 29.8 Å². The fourth-order valence-electron chi connectivity index (χ4n) is 2.91. The van der Waals surface area contributed by atoms with Crippen molar-refractivity contribution in [3.8, 4) is 0 Å². The molecule has 0 aliphatic carbocycles. The minimum atomic E-state index is -0.635. The van der Waals surface area contributed by atoms with Crippen LogP contribution in [-0.2, 0) is 16.0 Å². The number of imide groups is 1. The minimum absolute atomic E-state index is 0.00887. The van der Waals surface area contributed by atoms with Crippen LogP contribution in [-0.4, -0.2) is 40.0 Å². The van der Waals surface area contributed by atoms with Gasteiger partial charge < -0.3 is 5.32 Å². The number of carbonyl (C=O) groups is 3. The van der Waals surface area contributed by atoms with Crippen molar-refractivity contribution in [2.24, 2.45) is 0 Å². The zero-order chi connectivity index (χ0) is 23.3. The summed E-state index contributed by atoms with van der Waals surface area (Å²) >= 11 is 6.50. The van der Waals surface area contributed by atoms with Gasteiger partial charge >= 0.3 is 0 Å². The lowest BCUT2D eigenvalue weighted by Crippen LogP contribution is -2.37. The van der Waals surface area contributed by atoms with Crippen molar-refractivity contribution in [3.63, 3.8) is 0 Å². The van der Waals surface area contributed by atoms with E-state index in [1.54, 1.807) is 12.1 Å². The Kier molecular flexibility index (Phi) is 7.60. The molecule has 3 rings (SSSR count). The van der Waals surface area contributed by atoms with Gasteiger partial charge in [0, 0.05) is 25.6 Å². The molecule has 1 N–H and O–H groups in total. The van der Waals surface area contributed by atoms with Crippen LogP contribution in [0.2, 0.25) is 5.02 Å². The van der Waals surface area contributed by atoms with Crippen LogP contribution in [0.15, 0.2) is 47.4 Å². The molecule has 2 aromatic rings. The second kappa shape index (κ2) is 10.4. The Bertz CT molecular complexity index is 1110. The number of nitrogens with zero attached hydrogens (tertiary/aromatic N) is 2. The molecule has 1 saturated heterocycles. The van der Waals surface area contributed by atoms with Crippen LogP contribution in [0.5, 0.6) is 0 Å². The SMILES string of the molecule is O=C(CCc1ccc(F)cc1)NCCN1C(=O)S/C(=C\c2ccc(Cl)c([N+](=O)[O-])c2)C1=O. The van der Waals surface area contributed by atoms with Gasteiger partial charge in [0.15, 0.2) is 0 Å². The van der Waals surface area contributed by atoms with E-state index in [4.69, 9.17) is 11.6 Å². The quantitative estimate of drug-likeness (QED) is 0.347. The number of aryl methyl sites for hydroxylation is 1. The minimum Gasteiger partial charge on any atom is -0.354 e. The van der Waals surface area contributed by atoms with Crippen molar-refractivity contribution in [2.75, 3.05) is 13.1 Å². The highest BCUT2D eigenvalue weighted by Gasteiger charge is 2.34. The van der Waals surface area contributed by atoms with E-state index in [2.05, 4.69) is 5.32 Å². The number of hydrogen-bond donors (Lipinski definition) is 1. The van der Waals surface area contributed by atoms with Gasteiger partial charge in [0.1, 0.15) is 10.8 Å². The van der Waals surface area contributed by atoms with Crippen LogP contribution in [0.3, 0.4) is 0 Å². The monoisotopic (exact) mass is 477 g/mol. The number of halogens is 2. The van der Waals surface area contributed by atoms with Crippen LogP contribution in [0.1, 0.15) is 17.5 Å². The Morgan fingerprint density at radius 3 is 2.62 bits per heavy atom. The first-order valence-electron chi connectivity index (χ1n) is 9.45. The maximum atomic E-state index is 12.9. The van der Waals surface area contributed by atoms with Gasteiger partial charge in [-0.05, 0) is 53.6 Å². The molecule has 0 atom stereocenters. The van der Waals surface area contributed by atoms with Gasteiger partial charge in [0.2, 0.25) is 5.91 Å². The maximum Gasteiger partial charge on any atom is 0.293 e. The molecule has 1 aliphatic rings. The summed E-state index contributed by atoms with van der Waals surface area (Å²) in [5.74, 6) is -1.15. The molecule has 1 fully saturated rings. The van der Waals surface area contributed by atoms with Gasteiger partial charge in [0.25, 0.3) is 16.8 Å². The van der Waals surface area contributed by atoms with Crippen LogP contribution in [0.4, 0.5) is 14.9 Å². The highest BCUT2D eigenvalue weighted by Crippen LogP contribution is 2.33. The summed E-state index contributed by atoms with van der Waals surface area (Å²) in [6.45, 7) is 0.0745. The summed E-state index contributed by atoms with van der Waals surface area (Å²) in [5, 5.41) is 13.1. The standard InChI is InChI=1S/C21H17ClFN3O5S/c22-16-7-3-14(11-17(16)26(30)31)12-18-20(28)25(21(29)32-18)10-9-24-19(27)8-4-13-1-5-15(23)6-2-13/h1-3,5-7,11-12H,4,8-10H2,(H,24,27)/b18-12-. The smallest absolute Gasteiger partial charge is 0.293 e. The molecular formula is C21H17ClFN3O5S. The lowest BCUT2D eigenvalue weighted by Gasteiger charge is -2.13. The molecule has 11 heteroatoms. The van der Waals surface area contributed by atoms with Crippen molar-refractivity contribution in [2.45, 2.75) is 12.8 Å². The first kappa shape index (κ1) is 23.4. The number of thioether (sulfide) groups is 1. The summed E-state index contributed by atoms with van der Waals surface area (Å²) in [7, 11) is 0. The van der Waals surface area contributed by atoms with Gasteiger partial charge in [-0.2, -0.15) is 0 Å². The molecule has 166 valence electrons. The Morgan fingerprint density at radius 2 is 1.94 bits per heavy atom. The van der Waals surface area contributed by atoms with E-state index < -0.39 is 16.1 Å². The molecule has 1 aliphatic heterocycles. The molecule has 1 heterocycles. The number of benzene rings is 2. The highest BCUT2D eigenvalue weighted by atomic mass is 35.5. The molecule has 0 spiro atoms. The van der Waals surface area contributed by atoms with E-state index in [0.717, 1.165) is 10.5 Å². The Morgan fingerprint density at radius 1 is 1.22 bits per heavy atom. The first-order chi connectivity index (χ1) is 15.2. The molecule has 32 heavy (non-hydrogen) atoms.